The summed E-state index contributed by atoms with van der Waals surface area (Å²) in [5.74, 6) is 1.47. The monoisotopic (exact) mass is 251 g/mol. The predicted octanol–water partition coefficient (Wildman–Crippen LogP) is 3.12. The van der Waals surface area contributed by atoms with Crippen molar-refractivity contribution in [3.05, 3.63) is 24.2 Å². The van der Waals surface area contributed by atoms with E-state index < -0.39 is 0 Å². The standard InChI is InChI=1S/C15H25NO2/c1-11-9-15(2,3)7-6-12(11)16-13(10-17)14-5-4-8-18-14/h4-5,8,11-13,16-17H,6-7,9-10H2,1-3H3. The second-order valence-electron chi connectivity index (χ2n) is 6.41. The molecule has 1 aliphatic carbocycles. The van der Waals surface area contributed by atoms with Gasteiger partial charge in [0.15, 0.2) is 0 Å². The van der Waals surface area contributed by atoms with Gasteiger partial charge >= 0.3 is 0 Å². The zero-order valence-electron chi connectivity index (χ0n) is 11.6. The maximum atomic E-state index is 9.49. The highest BCUT2D eigenvalue weighted by Gasteiger charge is 2.33. The summed E-state index contributed by atoms with van der Waals surface area (Å²) in [6.45, 7) is 7.07. The summed E-state index contributed by atoms with van der Waals surface area (Å²) >= 11 is 0. The smallest absolute Gasteiger partial charge is 0.123 e. The van der Waals surface area contributed by atoms with Crippen LogP contribution in [0.5, 0.6) is 0 Å². The molecule has 0 aromatic carbocycles. The Morgan fingerprint density at radius 3 is 2.89 bits per heavy atom. The summed E-state index contributed by atoms with van der Waals surface area (Å²) in [7, 11) is 0. The lowest BCUT2D eigenvalue weighted by atomic mass is 9.70. The first-order valence-electron chi connectivity index (χ1n) is 6.92. The van der Waals surface area contributed by atoms with E-state index in [0.717, 1.165) is 5.76 Å². The molecule has 1 saturated carbocycles. The van der Waals surface area contributed by atoms with E-state index >= 15 is 0 Å². The van der Waals surface area contributed by atoms with Gasteiger partial charge in [-0.2, -0.15) is 0 Å². The van der Waals surface area contributed by atoms with E-state index in [1.54, 1.807) is 6.26 Å². The van der Waals surface area contributed by atoms with Gasteiger partial charge in [-0.1, -0.05) is 20.8 Å². The Balaban J connectivity index is 1.96. The van der Waals surface area contributed by atoms with Crippen LogP contribution in [-0.2, 0) is 0 Å². The molecular formula is C15H25NO2. The van der Waals surface area contributed by atoms with Crippen molar-refractivity contribution in [1.82, 2.24) is 5.32 Å². The Morgan fingerprint density at radius 2 is 2.33 bits per heavy atom. The molecule has 0 saturated heterocycles. The van der Waals surface area contributed by atoms with Crippen molar-refractivity contribution >= 4 is 0 Å². The van der Waals surface area contributed by atoms with E-state index in [0.29, 0.717) is 17.4 Å². The molecule has 0 spiro atoms. The minimum Gasteiger partial charge on any atom is -0.468 e. The molecule has 2 rings (SSSR count). The van der Waals surface area contributed by atoms with Crippen molar-refractivity contribution in [3.8, 4) is 0 Å². The molecule has 0 aliphatic heterocycles. The largest absolute Gasteiger partial charge is 0.468 e. The van der Waals surface area contributed by atoms with E-state index in [2.05, 4.69) is 26.1 Å². The lowest BCUT2D eigenvalue weighted by Crippen LogP contribution is -2.44. The van der Waals surface area contributed by atoms with Crippen molar-refractivity contribution in [2.45, 2.75) is 52.1 Å². The number of aliphatic hydroxyl groups is 1. The van der Waals surface area contributed by atoms with E-state index in [4.69, 9.17) is 4.42 Å². The Morgan fingerprint density at radius 1 is 1.56 bits per heavy atom. The van der Waals surface area contributed by atoms with Crippen LogP contribution in [0.3, 0.4) is 0 Å². The zero-order chi connectivity index (χ0) is 13.2. The van der Waals surface area contributed by atoms with Gasteiger partial charge < -0.3 is 14.8 Å². The summed E-state index contributed by atoms with van der Waals surface area (Å²) in [6.07, 6.45) is 5.31. The van der Waals surface area contributed by atoms with E-state index in [-0.39, 0.29) is 12.6 Å². The van der Waals surface area contributed by atoms with Crippen LogP contribution < -0.4 is 5.32 Å². The Labute approximate surface area is 110 Å². The number of furan rings is 1. The minimum atomic E-state index is -0.0753. The summed E-state index contributed by atoms with van der Waals surface area (Å²) < 4.78 is 5.38. The van der Waals surface area contributed by atoms with Crippen LogP contribution in [0.15, 0.2) is 22.8 Å². The molecule has 1 aromatic heterocycles. The fourth-order valence-electron chi connectivity index (χ4n) is 3.17. The van der Waals surface area contributed by atoms with Crippen LogP contribution >= 0.6 is 0 Å². The molecular weight excluding hydrogens is 226 g/mol. The Hall–Kier alpha value is -0.800. The molecule has 0 bridgehead atoms. The third kappa shape index (κ3) is 3.15. The molecule has 3 atom stereocenters. The highest BCUT2D eigenvalue weighted by atomic mass is 16.3. The maximum absolute atomic E-state index is 9.49. The molecule has 2 N–H and O–H groups in total. The first kappa shape index (κ1) is 13.6. The van der Waals surface area contributed by atoms with E-state index in [9.17, 15) is 5.11 Å². The first-order chi connectivity index (χ1) is 8.52. The lowest BCUT2D eigenvalue weighted by molar-refractivity contribution is 0.124. The number of nitrogens with one attached hydrogen (secondary N) is 1. The highest BCUT2D eigenvalue weighted by Crippen LogP contribution is 2.39. The van der Waals surface area contributed by atoms with Crippen LogP contribution in [0.2, 0.25) is 0 Å². The molecule has 1 aromatic rings. The first-order valence-corrected chi connectivity index (χ1v) is 6.92. The summed E-state index contributed by atoms with van der Waals surface area (Å²) in [4.78, 5) is 0. The minimum absolute atomic E-state index is 0.0753. The van der Waals surface area contributed by atoms with Gasteiger partial charge in [-0.05, 0) is 42.7 Å². The van der Waals surface area contributed by atoms with Crippen LogP contribution in [0, 0.1) is 11.3 Å². The molecule has 0 radical (unpaired) electrons. The van der Waals surface area contributed by atoms with Crippen molar-refractivity contribution < 1.29 is 9.52 Å². The fraction of sp³-hybridized carbons (Fsp3) is 0.733. The van der Waals surface area contributed by atoms with Crippen molar-refractivity contribution in [3.63, 3.8) is 0 Å². The van der Waals surface area contributed by atoms with Gasteiger partial charge in [0.05, 0.1) is 18.9 Å². The van der Waals surface area contributed by atoms with Gasteiger partial charge in [0, 0.05) is 6.04 Å². The second-order valence-corrected chi connectivity index (χ2v) is 6.41. The highest BCUT2D eigenvalue weighted by molar-refractivity contribution is 5.05. The number of hydrogen-bond donors (Lipinski definition) is 2. The summed E-state index contributed by atoms with van der Waals surface area (Å²) in [5, 5.41) is 13.0. The van der Waals surface area contributed by atoms with Gasteiger partial charge in [-0.15, -0.1) is 0 Å². The van der Waals surface area contributed by atoms with Crippen LogP contribution in [0.1, 0.15) is 51.8 Å². The van der Waals surface area contributed by atoms with Crippen molar-refractivity contribution in [1.29, 1.82) is 0 Å². The average Bonchev–Trinajstić information content (AvgIpc) is 2.81. The number of hydrogen-bond acceptors (Lipinski definition) is 3. The molecule has 1 aliphatic rings. The van der Waals surface area contributed by atoms with E-state index in [1.807, 2.05) is 12.1 Å². The predicted molar refractivity (Wildman–Crippen MR) is 72.3 cm³/mol. The van der Waals surface area contributed by atoms with Crippen molar-refractivity contribution in [2.24, 2.45) is 11.3 Å². The summed E-state index contributed by atoms with van der Waals surface area (Å²) in [6, 6.07) is 4.19. The van der Waals surface area contributed by atoms with Gasteiger partial charge in [0.1, 0.15) is 5.76 Å². The second kappa shape index (κ2) is 5.45. The molecule has 3 unspecified atom stereocenters. The van der Waals surface area contributed by atoms with Gasteiger partial charge in [-0.3, -0.25) is 0 Å². The Bertz CT molecular complexity index is 359. The normalized spacial score (nSPS) is 29.1. The molecule has 3 nitrogen and oxygen atoms in total. The molecule has 1 fully saturated rings. The van der Waals surface area contributed by atoms with Crippen molar-refractivity contribution in [2.75, 3.05) is 6.61 Å². The molecule has 0 amide bonds. The van der Waals surface area contributed by atoms with Crippen LogP contribution in [0.4, 0.5) is 0 Å². The SMILES string of the molecule is CC1CC(C)(C)CCC1NC(CO)c1ccco1. The summed E-state index contributed by atoms with van der Waals surface area (Å²) in [5.41, 5.74) is 0.455. The third-order valence-corrected chi connectivity index (χ3v) is 4.18. The lowest BCUT2D eigenvalue weighted by Gasteiger charge is -2.40. The average molecular weight is 251 g/mol. The number of aliphatic hydroxyl groups excluding tert-OH is 1. The topological polar surface area (TPSA) is 45.4 Å². The van der Waals surface area contributed by atoms with E-state index in [1.165, 1.54) is 19.3 Å². The molecule has 18 heavy (non-hydrogen) atoms. The Kier molecular flexibility index (Phi) is 4.13. The quantitative estimate of drug-likeness (QED) is 0.864. The maximum Gasteiger partial charge on any atom is 0.123 e. The third-order valence-electron chi connectivity index (χ3n) is 4.18. The number of rotatable bonds is 4. The van der Waals surface area contributed by atoms with Crippen LogP contribution in [-0.4, -0.2) is 17.8 Å². The van der Waals surface area contributed by atoms with Gasteiger partial charge in [0.25, 0.3) is 0 Å². The zero-order valence-corrected chi connectivity index (χ0v) is 11.6. The fourth-order valence-corrected chi connectivity index (χ4v) is 3.17. The molecule has 1 heterocycles. The molecule has 102 valence electrons. The van der Waals surface area contributed by atoms with Gasteiger partial charge in [0.2, 0.25) is 0 Å². The van der Waals surface area contributed by atoms with Gasteiger partial charge in [-0.25, -0.2) is 0 Å². The van der Waals surface area contributed by atoms with Crippen LogP contribution in [0.25, 0.3) is 0 Å². The molecule has 3 heteroatoms.